The SMILES string of the molecule is COP(=O)(CCC(C)(C)NCl)OCC[N+](C)(C)C.[Cl-]. The molecular formula is C11H27Cl2N2O3P. The van der Waals surface area contributed by atoms with Crippen LogP contribution in [-0.2, 0) is 13.6 Å². The Morgan fingerprint density at radius 1 is 1.32 bits per heavy atom. The zero-order valence-electron chi connectivity index (χ0n) is 12.7. The Bertz CT molecular complexity index is 296. The Morgan fingerprint density at radius 2 is 1.84 bits per heavy atom. The molecule has 0 heterocycles. The molecule has 8 heteroatoms. The van der Waals surface area contributed by atoms with E-state index in [9.17, 15) is 4.57 Å². The van der Waals surface area contributed by atoms with E-state index in [4.69, 9.17) is 20.8 Å². The van der Waals surface area contributed by atoms with Gasteiger partial charge in [0.1, 0.15) is 13.2 Å². The highest BCUT2D eigenvalue weighted by molar-refractivity contribution is 7.53. The second-order valence-corrected chi connectivity index (χ2v) is 8.57. The van der Waals surface area contributed by atoms with Crippen LogP contribution < -0.4 is 17.2 Å². The van der Waals surface area contributed by atoms with E-state index in [-0.39, 0.29) is 17.9 Å². The molecule has 0 amide bonds. The van der Waals surface area contributed by atoms with Crippen molar-refractivity contribution in [2.75, 3.05) is 47.6 Å². The highest BCUT2D eigenvalue weighted by atomic mass is 35.5. The van der Waals surface area contributed by atoms with Gasteiger partial charge in [-0.05, 0) is 32.0 Å². The summed E-state index contributed by atoms with van der Waals surface area (Å²) in [5.41, 5.74) is -0.292. The summed E-state index contributed by atoms with van der Waals surface area (Å²) in [5, 5.41) is 0. The lowest BCUT2D eigenvalue weighted by atomic mass is 10.0. The molecule has 0 fully saturated rings. The van der Waals surface area contributed by atoms with Gasteiger partial charge in [0.2, 0.25) is 0 Å². The van der Waals surface area contributed by atoms with Gasteiger partial charge in [0.15, 0.2) is 0 Å². The molecule has 1 unspecified atom stereocenters. The van der Waals surface area contributed by atoms with Crippen molar-refractivity contribution in [2.24, 2.45) is 0 Å². The molecule has 0 bridgehead atoms. The topological polar surface area (TPSA) is 47.6 Å². The van der Waals surface area contributed by atoms with Gasteiger partial charge in [0.05, 0.1) is 27.3 Å². The van der Waals surface area contributed by atoms with Gasteiger partial charge in [-0.2, -0.15) is 0 Å². The van der Waals surface area contributed by atoms with Gasteiger partial charge in [-0.25, -0.2) is 4.84 Å². The first kappa shape index (κ1) is 21.9. The number of nitrogens with one attached hydrogen (secondary N) is 1. The Morgan fingerprint density at radius 3 is 2.21 bits per heavy atom. The normalized spacial score (nSPS) is 15.7. The molecule has 1 atom stereocenters. The van der Waals surface area contributed by atoms with E-state index in [0.717, 1.165) is 11.0 Å². The van der Waals surface area contributed by atoms with Crippen LogP contribution in [0.3, 0.4) is 0 Å². The molecule has 0 aliphatic carbocycles. The first-order valence-electron chi connectivity index (χ1n) is 6.01. The van der Waals surface area contributed by atoms with Gasteiger partial charge in [-0.1, -0.05) is 0 Å². The lowest BCUT2D eigenvalue weighted by Crippen LogP contribution is -3.00. The predicted molar refractivity (Wildman–Crippen MR) is 76.0 cm³/mol. The maximum absolute atomic E-state index is 12.3. The molecule has 19 heavy (non-hydrogen) atoms. The monoisotopic (exact) mass is 336 g/mol. The van der Waals surface area contributed by atoms with Crippen molar-refractivity contribution in [3.8, 4) is 0 Å². The first-order valence-corrected chi connectivity index (χ1v) is 8.12. The van der Waals surface area contributed by atoms with Crippen LogP contribution >= 0.6 is 19.4 Å². The first-order chi connectivity index (χ1) is 8.04. The zero-order chi connectivity index (χ0) is 14.4. The molecular weight excluding hydrogens is 310 g/mol. The van der Waals surface area contributed by atoms with Crippen molar-refractivity contribution in [1.29, 1.82) is 0 Å². The van der Waals surface area contributed by atoms with Crippen molar-refractivity contribution in [3.05, 3.63) is 0 Å². The number of likely N-dealkylation sites (N-methyl/N-ethyl adjacent to an activating group) is 1. The van der Waals surface area contributed by atoms with Gasteiger partial charge in [-0.15, -0.1) is 0 Å². The Kier molecular flexibility index (Phi) is 10.2. The Hall–Kier alpha value is 0.650. The van der Waals surface area contributed by atoms with Gasteiger partial charge in [0.25, 0.3) is 0 Å². The maximum atomic E-state index is 12.3. The summed E-state index contributed by atoms with van der Waals surface area (Å²) in [6, 6.07) is 0. The quantitative estimate of drug-likeness (QED) is 0.349. The molecule has 0 saturated heterocycles. The van der Waals surface area contributed by atoms with Crippen LogP contribution in [0.25, 0.3) is 0 Å². The summed E-state index contributed by atoms with van der Waals surface area (Å²) in [4.78, 5) is 2.66. The van der Waals surface area contributed by atoms with Crippen LogP contribution in [-0.4, -0.2) is 57.6 Å². The molecule has 0 aromatic heterocycles. The second kappa shape index (κ2) is 8.83. The predicted octanol–water partition coefficient (Wildman–Crippen LogP) is -0.535. The average Bonchev–Trinajstić information content (AvgIpc) is 2.25. The molecule has 0 aliphatic rings. The van der Waals surface area contributed by atoms with E-state index in [0.29, 0.717) is 19.2 Å². The number of halogens is 2. The van der Waals surface area contributed by atoms with E-state index in [1.807, 2.05) is 13.8 Å². The lowest BCUT2D eigenvalue weighted by molar-refractivity contribution is -0.870. The van der Waals surface area contributed by atoms with Crippen molar-refractivity contribution >= 4 is 19.4 Å². The average molecular weight is 337 g/mol. The minimum absolute atomic E-state index is 0. The molecule has 0 aromatic rings. The van der Waals surface area contributed by atoms with Crippen LogP contribution in [0.2, 0.25) is 0 Å². The smallest absolute Gasteiger partial charge is 0.330 e. The Balaban J connectivity index is 0. The third-order valence-electron chi connectivity index (χ3n) is 2.59. The zero-order valence-corrected chi connectivity index (χ0v) is 15.1. The molecule has 0 saturated carbocycles. The molecule has 1 N–H and O–H groups in total. The Labute approximate surface area is 128 Å². The van der Waals surface area contributed by atoms with E-state index < -0.39 is 7.60 Å². The number of nitrogens with zero attached hydrogens (tertiary/aromatic N) is 1. The largest absolute Gasteiger partial charge is 1.00 e. The number of rotatable bonds is 9. The second-order valence-electron chi connectivity index (χ2n) is 6.09. The molecule has 118 valence electrons. The van der Waals surface area contributed by atoms with E-state index in [2.05, 4.69) is 26.0 Å². The van der Waals surface area contributed by atoms with E-state index in [1.165, 1.54) is 7.11 Å². The summed E-state index contributed by atoms with van der Waals surface area (Å²) in [7, 11) is 4.59. The van der Waals surface area contributed by atoms with Crippen molar-refractivity contribution < 1.29 is 30.5 Å². The lowest BCUT2D eigenvalue weighted by Gasteiger charge is -2.27. The fraction of sp³-hybridized carbons (Fsp3) is 1.00. The third kappa shape index (κ3) is 11.0. The van der Waals surface area contributed by atoms with Crippen molar-refractivity contribution in [2.45, 2.75) is 25.8 Å². The van der Waals surface area contributed by atoms with Crippen LogP contribution in [0.15, 0.2) is 0 Å². The third-order valence-corrected chi connectivity index (χ3v) is 5.01. The summed E-state index contributed by atoms with van der Waals surface area (Å²) < 4.78 is 23.6. The van der Waals surface area contributed by atoms with Crippen LogP contribution in [0.1, 0.15) is 20.3 Å². The fourth-order valence-electron chi connectivity index (χ4n) is 1.13. The number of hydrogen-bond acceptors (Lipinski definition) is 4. The standard InChI is InChI=1S/C11H27ClN2O3P.ClH/c1-11(2,13-12)7-10-18(15,16-6)17-9-8-14(3,4)5;/h13H,7-10H2,1-6H3;1H/q+1;/p-1. The highest BCUT2D eigenvalue weighted by Gasteiger charge is 2.28. The van der Waals surface area contributed by atoms with Gasteiger partial charge < -0.3 is 25.9 Å². The molecule has 5 nitrogen and oxygen atoms in total. The molecule has 0 spiro atoms. The van der Waals surface area contributed by atoms with Gasteiger partial charge in [-0.3, -0.25) is 4.57 Å². The summed E-state index contributed by atoms with van der Waals surface area (Å²) in [6.45, 7) is 5.08. The van der Waals surface area contributed by atoms with Crippen molar-refractivity contribution in [3.63, 3.8) is 0 Å². The van der Waals surface area contributed by atoms with Gasteiger partial charge >= 0.3 is 7.60 Å². The van der Waals surface area contributed by atoms with Crippen molar-refractivity contribution in [1.82, 2.24) is 4.84 Å². The summed E-state index contributed by atoms with van der Waals surface area (Å²) >= 11 is 5.61. The minimum Gasteiger partial charge on any atom is -1.00 e. The molecule has 0 aromatic carbocycles. The number of hydrogen-bond donors (Lipinski definition) is 1. The molecule has 0 radical (unpaired) electrons. The summed E-state index contributed by atoms with van der Waals surface area (Å²) in [6.07, 6.45) is 0.972. The van der Waals surface area contributed by atoms with E-state index in [1.54, 1.807) is 0 Å². The summed E-state index contributed by atoms with van der Waals surface area (Å²) in [5.74, 6) is 0. The number of quaternary nitrogens is 1. The van der Waals surface area contributed by atoms with E-state index >= 15 is 0 Å². The van der Waals surface area contributed by atoms with Crippen LogP contribution in [0.4, 0.5) is 0 Å². The fourth-order valence-corrected chi connectivity index (χ4v) is 2.83. The van der Waals surface area contributed by atoms with Gasteiger partial charge in [0, 0.05) is 12.6 Å². The highest BCUT2D eigenvalue weighted by Crippen LogP contribution is 2.48. The minimum atomic E-state index is -3.00. The maximum Gasteiger partial charge on any atom is 0.330 e. The molecule has 0 aliphatic heterocycles. The van der Waals surface area contributed by atoms with Crippen LogP contribution in [0, 0.1) is 0 Å². The molecule has 0 rings (SSSR count). The van der Waals surface area contributed by atoms with Crippen LogP contribution in [0.5, 0.6) is 0 Å².